The number of hydrogen-bond acceptors (Lipinski definition) is 3. The number of likely N-dealkylation sites (N-methyl/N-ethyl adjacent to an activating group) is 1. The van der Waals surface area contributed by atoms with E-state index in [9.17, 15) is 4.79 Å². The molecule has 66 valence electrons. The molecular weight excluding hydrogens is 142 g/mol. The van der Waals surface area contributed by atoms with Crippen LogP contribution in [0.3, 0.4) is 0 Å². The van der Waals surface area contributed by atoms with Crippen molar-refractivity contribution in [2.75, 3.05) is 14.2 Å². The predicted molar refractivity (Wildman–Crippen MR) is 44.4 cm³/mol. The molecule has 11 heavy (non-hydrogen) atoms. The van der Waals surface area contributed by atoms with Crippen LogP contribution in [0.2, 0.25) is 0 Å². The summed E-state index contributed by atoms with van der Waals surface area (Å²) in [5.41, 5.74) is -0.477. The highest BCUT2D eigenvalue weighted by Crippen LogP contribution is 2.15. The van der Waals surface area contributed by atoms with Gasteiger partial charge in [-0.25, -0.2) is 0 Å². The molecule has 0 bridgehead atoms. The van der Waals surface area contributed by atoms with Gasteiger partial charge in [-0.1, -0.05) is 13.8 Å². The molecule has 0 aromatic carbocycles. The van der Waals surface area contributed by atoms with E-state index in [0.717, 1.165) is 12.8 Å². The van der Waals surface area contributed by atoms with Crippen molar-refractivity contribution in [1.29, 1.82) is 0 Å². The van der Waals surface area contributed by atoms with E-state index in [1.807, 2.05) is 13.8 Å². The van der Waals surface area contributed by atoms with Gasteiger partial charge < -0.3 is 10.1 Å². The summed E-state index contributed by atoms with van der Waals surface area (Å²) in [6, 6.07) is 0. The monoisotopic (exact) mass is 159 g/mol. The summed E-state index contributed by atoms with van der Waals surface area (Å²) in [6.45, 7) is 3.94. The van der Waals surface area contributed by atoms with E-state index in [2.05, 4.69) is 10.1 Å². The third-order valence-corrected chi connectivity index (χ3v) is 2.26. The number of methoxy groups -OCH3 is 1. The van der Waals surface area contributed by atoms with Gasteiger partial charge in [0.05, 0.1) is 7.11 Å². The molecule has 0 aliphatic carbocycles. The van der Waals surface area contributed by atoms with Gasteiger partial charge in [0.15, 0.2) is 0 Å². The van der Waals surface area contributed by atoms with Crippen LogP contribution in [0.5, 0.6) is 0 Å². The van der Waals surface area contributed by atoms with E-state index in [1.54, 1.807) is 7.05 Å². The Balaban J connectivity index is 4.39. The fourth-order valence-electron chi connectivity index (χ4n) is 1.19. The Morgan fingerprint density at radius 2 is 1.91 bits per heavy atom. The molecule has 0 saturated carbocycles. The summed E-state index contributed by atoms with van der Waals surface area (Å²) in [5, 5.41) is 2.99. The fraction of sp³-hybridized carbons (Fsp3) is 0.875. The maximum atomic E-state index is 11.2. The van der Waals surface area contributed by atoms with Gasteiger partial charge in [-0.05, 0) is 19.9 Å². The number of nitrogens with one attached hydrogen (secondary N) is 1. The quantitative estimate of drug-likeness (QED) is 0.620. The minimum absolute atomic E-state index is 0.176. The highest BCUT2D eigenvalue weighted by Gasteiger charge is 2.33. The second-order valence-electron chi connectivity index (χ2n) is 2.53. The molecule has 0 heterocycles. The lowest BCUT2D eigenvalue weighted by atomic mass is 9.93. The van der Waals surface area contributed by atoms with Gasteiger partial charge in [0.25, 0.3) is 0 Å². The van der Waals surface area contributed by atoms with Crippen molar-refractivity contribution in [1.82, 2.24) is 5.32 Å². The van der Waals surface area contributed by atoms with Crippen molar-refractivity contribution in [2.45, 2.75) is 32.2 Å². The zero-order chi connectivity index (χ0) is 8.91. The molecule has 0 fully saturated rings. The first-order valence-corrected chi connectivity index (χ1v) is 3.94. The van der Waals surface area contributed by atoms with Gasteiger partial charge in [0, 0.05) is 0 Å². The minimum atomic E-state index is -0.477. The van der Waals surface area contributed by atoms with Crippen LogP contribution in [0, 0.1) is 0 Å². The van der Waals surface area contributed by atoms with Crippen LogP contribution in [0.4, 0.5) is 0 Å². The zero-order valence-corrected chi connectivity index (χ0v) is 7.73. The largest absolute Gasteiger partial charge is 0.468 e. The molecule has 0 atom stereocenters. The molecule has 0 aliphatic heterocycles. The summed E-state index contributed by atoms with van der Waals surface area (Å²) in [6.07, 6.45) is 1.51. The van der Waals surface area contributed by atoms with Crippen molar-refractivity contribution in [3.05, 3.63) is 0 Å². The molecular formula is C8H17NO2. The number of rotatable bonds is 4. The second kappa shape index (κ2) is 4.34. The summed E-state index contributed by atoms with van der Waals surface area (Å²) >= 11 is 0. The van der Waals surface area contributed by atoms with Crippen LogP contribution in [-0.4, -0.2) is 25.7 Å². The average Bonchev–Trinajstić information content (AvgIpc) is 2.08. The minimum Gasteiger partial charge on any atom is -0.468 e. The van der Waals surface area contributed by atoms with Gasteiger partial charge in [-0.2, -0.15) is 0 Å². The average molecular weight is 159 g/mol. The van der Waals surface area contributed by atoms with Crippen molar-refractivity contribution in [3.8, 4) is 0 Å². The molecule has 0 amide bonds. The lowest BCUT2D eigenvalue weighted by Crippen LogP contribution is -2.49. The van der Waals surface area contributed by atoms with Gasteiger partial charge >= 0.3 is 5.97 Å². The van der Waals surface area contributed by atoms with Gasteiger partial charge in [0.1, 0.15) is 5.54 Å². The Labute approximate surface area is 68.1 Å². The fourth-order valence-corrected chi connectivity index (χ4v) is 1.19. The van der Waals surface area contributed by atoms with Crippen molar-refractivity contribution < 1.29 is 9.53 Å². The van der Waals surface area contributed by atoms with Crippen LogP contribution in [0.25, 0.3) is 0 Å². The van der Waals surface area contributed by atoms with E-state index in [4.69, 9.17) is 0 Å². The van der Waals surface area contributed by atoms with E-state index in [-0.39, 0.29) is 5.97 Å². The Morgan fingerprint density at radius 3 is 2.00 bits per heavy atom. The molecule has 0 aromatic heterocycles. The van der Waals surface area contributed by atoms with Crippen LogP contribution < -0.4 is 5.32 Å². The first-order chi connectivity index (χ1) is 5.16. The summed E-state index contributed by atoms with van der Waals surface area (Å²) < 4.78 is 4.69. The molecule has 3 nitrogen and oxygen atoms in total. The Hall–Kier alpha value is -0.570. The number of carbonyl (C=O) groups excluding carboxylic acids is 1. The third-order valence-electron chi connectivity index (χ3n) is 2.26. The number of esters is 1. The number of hydrogen-bond donors (Lipinski definition) is 1. The summed E-state index contributed by atoms with van der Waals surface area (Å²) in [7, 11) is 3.20. The van der Waals surface area contributed by atoms with Crippen LogP contribution >= 0.6 is 0 Å². The molecule has 0 aliphatic rings. The highest BCUT2D eigenvalue weighted by molar-refractivity contribution is 5.80. The third kappa shape index (κ3) is 1.93. The topological polar surface area (TPSA) is 38.3 Å². The molecule has 0 aromatic rings. The Kier molecular flexibility index (Phi) is 4.11. The van der Waals surface area contributed by atoms with Gasteiger partial charge in [-0.3, -0.25) is 4.79 Å². The van der Waals surface area contributed by atoms with Crippen molar-refractivity contribution in [2.24, 2.45) is 0 Å². The highest BCUT2D eigenvalue weighted by atomic mass is 16.5. The molecule has 0 saturated heterocycles. The van der Waals surface area contributed by atoms with E-state index >= 15 is 0 Å². The summed E-state index contributed by atoms with van der Waals surface area (Å²) in [5.74, 6) is -0.176. The number of ether oxygens (including phenoxy) is 1. The Bertz CT molecular complexity index is 122. The summed E-state index contributed by atoms with van der Waals surface area (Å²) in [4.78, 5) is 11.2. The molecule has 0 radical (unpaired) electrons. The first kappa shape index (κ1) is 10.4. The second-order valence-corrected chi connectivity index (χ2v) is 2.53. The molecule has 1 N–H and O–H groups in total. The van der Waals surface area contributed by atoms with Crippen LogP contribution in [0.15, 0.2) is 0 Å². The SMILES string of the molecule is CCC(CC)(NC)C(=O)OC. The standard InChI is InChI=1S/C8H17NO2/c1-5-8(6-2,9-3)7(10)11-4/h9H,5-6H2,1-4H3. The van der Waals surface area contributed by atoms with E-state index in [1.165, 1.54) is 7.11 Å². The van der Waals surface area contributed by atoms with Crippen LogP contribution in [-0.2, 0) is 9.53 Å². The van der Waals surface area contributed by atoms with E-state index in [0.29, 0.717) is 0 Å². The van der Waals surface area contributed by atoms with Crippen molar-refractivity contribution >= 4 is 5.97 Å². The number of carbonyl (C=O) groups is 1. The first-order valence-electron chi connectivity index (χ1n) is 3.94. The van der Waals surface area contributed by atoms with Crippen LogP contribution in [0.1, 0.15) is 26.7 Å². The lowest BCUT2D eigenvalue weighted by molar-refractivity contribution is -0.148. The van der Waals surface area contributed by atoms with Gasteiger partial charge in [-0.15, -0.1) is 0 Å². The Morgan fingerprint density at radius 1 is 1.45 bits per heavy atom. The van der Waals surface area contributed by atoms with Gasteiger partial charge in [0.2, 0.25) is 0 Å². The smallest absolute Gasteiger partial charge is 0.326 e. The molecule has 0 unspecified atom stereocenters. The molecule has 3 heteroatoms. The maximum Gasteiger partial charge on any atom is 0.326 e. The zero-order valence-electron chi connectivity index (χ0n) is 7.73. The maximum absolute atomic E-state index is 11.2. The lowest BCUT2D eigenvalue weighted by Gasteiger charge is -2.27. The molecule has 0 rings (SSSR count). The van der Waals surface area contributed by atoms with Crippen molar-refractivity contribution in [3.63, 3.8) is 0 Å². The van der Waals surface area contributed by atoms with E-state index < -0.39 is 5.54 Å². The normalized spacial score (nSPS) is 11.3. The molecule has 0 spiro atoms. The predicted octanol–water partition coefficient (Wildman–Crippen LogP) is 0.938.